The highest BCUT2D eigenvalue weighted by molar-refractivity contribution is 7.89. The van der Waals surface area contributed by atoms with Crippen LogP contribution in [0.2, 0.25) is 0 Å². The van der Waals surface area contributed by atoms with Crippen LogP contribution < -0.4 is 9.62 Å². The third kappa shape index (κ3) is 2.95. The smallest absolute Gasteiger partial charge is 0.321 e. The molecule has 26 heavy (non-hydrogen) atoms. The number of nitrogens with one attached hydrogen (secondary N) is 1. The Labute approximate surface area is 151 Å². The van der Waals surface area contributed by atoms with Crippen LogP contribution in [0.3, 0.4) is 0 Å². The molecule has 0 spiro atoms. The second-order valence-electron chi connectivity index (χ2n) is 6.82. The predicted molar refractivity (Wildman–Crippen MR) is 97.9 cm³/mol. The van der Waals surface area contributed by atoms with Gasteiger partial charge in [-0.3, -0.25) is 9.59 Å². The molecule has 0 aliphatic carbocycles. The van der Waals surface area contributed by atoms with E-state index in [1.807, 2.05) is 13.8 Å². The van der Waals surface area contributed by atoms with Crippen molar-refractivity contribution < 1.29 is 23.1 Å². The molecule has 8 heteroatoms. The van der Waals surface area contributed by atoms with Crippen molar-refractivity contribution in [1.82, 2.24) is 4.72 Å². The molecule has 0 fully saturated rings. The first kappa shape index (κ1) is 18.3. The van der Waals surface area contributed by atoms with Gasteiger partial charge in [0.15, 0.2) is 0 Å². The van der Waals surface area contributed by atoms with E-state index in [1.54, 1.807) is 31.3 Å². The van der Waals surface area contributed by atoms with Crippen molar-refractivity contribution in [2.45, 2.75) is 31.2 Å². The van der Waals surface area contributed by atoms with Crippen LogP contribution in [0.1, 0.15) is 30.6 Å². The molecule has 0 saturated carbocycles. The highest BCUT2D eigenvalue weighted by atomic mass is 32.2. The molecular weight excluding hydrogens is 356 g/mol. The number of nitrogens with zero attached hydrogens (tertiary/aromatic N) is 1. The molecule has 2 N–H and O–H groups in total. The number of hydrogen-bond donors (Lipinski definition) is 2. The lowest BCUT2D eigenvalue weighted by atomic mass is 10.1. The number of carbonyl (C=O) groups is 2. The summed E-state index contributed by atoms with van der Waals surface area (Å²) in [7, 11) is -2.45. The first-order valence-electron chi connectivity index (χ1n) is 8.22. The minimum absolute atomic E-state index is 0.0119. The molecule has 0 saturated heterocycles. The third-order valence-electron chi connectivity index (χ3n) is 4.47. The molecule has 7 nitrogen and oxygen atoms in total. The molecule has 1 amide bonds. The van der Waals surface area contributed by atoms with Gasteiger partial charge in [-0.05, 0) is 30.5 Å². The molecule has 1 heterocycles. The van der Waals surface area contributed by atoms with Crippen LogP contribution in [0.4, 0.5) is 5.69 Å². The van der Waals surface area contributed by atoms with Crippen LogP contribution in [0.15, 0.2) is 35.2 Å². The van der Waals surface area contributed by atoms with Gasteiger partial charge in [-0.2, -0.15) is 4.72 Å². The van der Waals surface area contributed by atoms with Crippen LogP contribution in [0, 0.1) is 5.92 Å². The zero-order valence-electron chi connectivity index (χ0n) is 14.7. The van der Waals surface area contributed by atoms with Crippen molar-refractivity contribution in [1.29, 1.82) is 0 Å². The van der Waals surface area contributed by atoms with Crippen LogP contribution in [-0.2, 0) is 14.8 Å². The van der Waals surface area contributed by atoms with Gasteiger partial charge in [-0.25, -0.2) is 8.42 Å². The van der Waals surface area contributed by atoms with E-state index >= 15 is 0 Å². The maximum Gasteiger partial charge on any atom is 0.321 e. The summed E-state index contributed by atoms with van der Waals surface area (Å²) in [6, 6.07) is 6.67. The van der Waals surface area contributed by atoms with Gasteiger partial charge in [-0.1, -0.05) is 26.0 Å². The third-order valence-corrected chi connectivity index (χ3v) is 6.00. The number of rotatable bonds is 6. The van der Waals surface area contributed by atoms with E-state index in [0.29, 0.717) is 22.0 Å². The van der Waals surface area contributed by atoms with Crippen LogP contribution in [0.25, 0.3) is 10.8 Å². The molecule has 0 bridgehead atoms. The van der Waals surface area contributed by atoms with E-state index in [0.717, 1.165) is 0 Å². The predicted octanol–water partition coefficient (Wildman–Crippen LogP) is 2.21. The van der Waals surface area contributed by atoms with Crippen molar-refractivity contribution >= 4 is 38.4 Å². The van der Waals surface area contributed by atoms with Gasteiger partial charge >= 0.3 is 5.97 Å². The molecule has 2 aromatic rings. The van der Waals surface area contributed by atoms with Gasteiger partial charge < -0.3 is 10.0 Å². The first-order chi connectivity index (χ1) is 12.1. The molecule has 1 aliphatic heterocycles. The number of sulfonamides is 1. The molecule has 1 aliphatic rings. The first-order valence-corrected chi connectivity index (χ1v) is 9.70. The summed E-state index contributed by atoms with van der Waals surface area (Å²) in [5.74, 6) is -1.41. The maximum absolute atomic E-state index is 12.9. The van der Waals surface area contributed by atoms with E-state index in [9.17, 15) is 23.1 Å². The highest BCUT2D eigenvalue weighted by Gasteiger charge is 2.32. The van der Waals surface area contributed by atoms with E-state index in [2.05, 4.69) is 4.72 Å². The fourth-order valence-corrected chi connectivity index (χ4v) is 4.67. The van der Waals surface area contributed by atoms with Crippen LogP contribution >= 0.6 is 0 Å². The summed E-state index contributed by atoms with van der Waals surface area (Å²) < 4.78 is 28.0. The van der Waals surface area contributed by atoms with E-state index in [-0.39, 0.29) is 23.1 Å². The maximum atomic E-state index is 12.9. The number of carboxylic acids is 1. The molecule has 2 aromatic carbocycles. The molecule has 1 unspecified atom stereocenters. The topological polar surface area (TPSA) is 104 Å². The minimum Gasteiger partial charge on any atom is -0.480 e. The summed E-state index contributed by atoms with van der Waals surface area (Å²) in [5.41, 5.74) is 1.07. The number of aliphatic carboxylic acids is 1. The summed E-state index contributed by atoms with van der Waals surface area (Å²) in [6.45, 7) is 3.65. The number of benzene rings is 2. The Bertz CT molecular complexity index is 1010. The number of hydrogen-bond acceptors (Lipinski definition) is 4. The van der Waals surface area contributed by atoms with Gasteiger partial charge in [0.1, 0.15) is 6.04 Å². The minimum atomic E-state index is -4.08. The van der Waals surface area contributed by atoms with Crippen molar-refractivity contribution in [2.24, 2.45) is 5.92 Å². The van der Waals surface area contributed by atoms with Crippen molar-refractivity contribution in [3.63, 3.8) is 0 Å². The van der Waals surface area contributed by atoms with Gasteiger partial charge in [0.05, 0.1) is 10.6 Å². The van der Waals surface area contributed by atoms with E-state index < -0.39 is 22.0 Å². The Morgan fingerprint density at radius 2 is 1.92 bits per heavy atom. The zero-order chi connectivity index (χ0) is 19.2. The van der Waals surface area contributed by atoms with Gasteiger partial charge in [0.25, 0.3) is 5.91 Å². The quantitative estimate of drug-likeness (QED) is 0.804. The summed E-state index contributed by atoms with van der Waals surface area (Å²) in [4.78, 5) is 25.2. The number of amides is 1. The summed E-state index contributed by atoms with van der Waals surface area (Å²) in [5, 5.41) is 10.3. The van der Waals surface area contributed by atoms with Gasteiger partial charge in [0, 0.05) is 23.4 Å². The van der Waals surface area contributed by atoms with Crippen molar-refractivity contribution in [3.8, 4) is 0 Å². The highest BCUT2D eigenvalue weighted by Crippen LogP contribution is 2.39. The van der Waals surface area contributed by atoms with Crippen molar-refractivity contribution in [3.05, 3.63) is 35.9 Å². The lowest BCUT2D eigenvalue weighted by Crippen LogP contribution is -2.41. The number of anilines is 1. The standard InChI is InChI=1S/C18H20N2O5S/c1-10(2)9-13(18(22)23)19-26(24,25)15-8-7-14-16-11(15)5-4-6-12(16)17(21)20(14)3/h4-8,10,13,19H,9H2,1-3H3,(H,22,23). The summed E-state index contributed by atoms with van der Waals surface area (Å²) in [6.07, 6.45) is 0.178. The Hall–Kier alpha value is -2.45. The van der Waals surface area contributed by atoms with Gasteiger partial charge in [0.2, 0.25) is 10.0 Å². The second kappa shape index (κ2) is 6.37. The normalized spacial score (nSPS) is 15.1. The summed E-state index contributed by atoms with van der Waals surface area (Å²) >= 11 is 0. The zero-order valence-corrected chi connectivity index (χ0v) is 15.5. The van der Waals surface area contributed by atoms with Gasteiger partial charge in [-0.15, -0.1) is 0 Å². The molecule has 0 radical (unpaired) electrons. The average molecular weight is 376 g/mol. The molecule has 0 aromatic heterocycles. The Balaban J connectivity index is 2.11. The lowest BCUT2D eigenvalue weighted by Gasteiger charge is -2.18. The Morgan fingerprint density at radius 1 is 1.23 bits per heavy atom. The molecule has 138 valence electrons. The van der Waals surface area contributed by atoms with Crippen LogP contribution in [-0.4, -0.2) is 38.5 Å². The molecular formula is C18H20N2O5S. The number of carbonyl (C=O) groups excluding carboxylic acids is 1. The molecule has 1 atom stereocenters. The van der Waals surface area contributed by atoms with E-state index in [1.165, 1.54) is 11.0 Å². The monoisotopic (exact) mass is 376 g/mol. The Morgan fingerprint density at radius 3 is 2.54 bits per heavy atom. The average Bonchev–Trinajstić information content (AvgIpc) is 2.80. The lowest BCUT2D eigenvalue weighted by molar-refractivity contribution is -0.139. The van der Waals surface area contributed by atoms with Crippen molar-refractivity contribution in [2.75, 3.05) is 11.9 Å². The fraction of sp³-hybridized carbons (Fsp3) is 0.333. The molecule has 3 rings (SSSR count). The SMILES string of the molecule is CC(C)CC(NS(=O)(=O)c1ccc2c3c(cccc13)C(=O)N2C)C(=O)O. The fourth-order valence-electron chi connectivity index (χ4n) is 3.26. The largest absolute Gasteiger partial charge is 0.480 e. The Kier molecular flexibility index (Phi) is 4.49. The van der Waals surface area contributed by atoms with E-state index in [4.69, 9.17) is 0 Å². The van der Waals surface area contributed by atoms with Crippen LogP contribution in [0.5, 0.6) is 0 Å². The second-order valence-corrected chi connectivity index (χ2v) is 8.50. The number of carboxylic acid groups (broad SMARTS) is 1.